The van der Waals surface area contributed by atoms with Crippen LogP contribution in [0.5, 0.6) is 5.75 Å². The van der Waals surface area contributed by atoms with Gasteiger partial charge in [0.25, 0.3) is 0 Å². The smallest absolute Gasteiger partial charge is 0.152 e. The van der Waals surface area contributed by atoms with Crippen LogP contribution in [0.4, 0.5) is 0 Å². The lowest BCUT2D eigenvalue weighted by atomic mass is 9.92. The van der Waals surface area contributed by atoms with Crippen LogP contribution in [0.15, 0.2) is 21.6 Å². The van der Waals surface area contributed by atoms with Gasteiger partial charge in [0.2, 0.25) is 0 Å². The van der Waals surface area contributed by atoms with Gasteiger partial charge in [0.15, 0.2) is 5.75 Å². The summed E-state index contributed by atoms with van der Waals surface area (Å²) in [7, 11) is 0. The number of nitrogens with zero attached hydrogens (tertiary/aromatic N) is 1. The standard InChI is InChI=1S/C16H19BrClNO2/c1-10-3-2-6-19-14(10)11-7-12(17)15(13(18)8-11)21-9-16(20)4-5-16/h7-8,10,20H,2-6,9H2,1H3. The highest BCUT2D eigenvalue weighted by Crippen LogP contribution is 2.40. The summed E-state index contributed by atoms with van der Waals surface area (Å²) in [6, 6.07) is 3.93. The molecule has 1 atom stereocenters. The van der Waals surface area contributed by atoms with Crippen LogP contribution < -0.4 is 4.74 Å². The zero-order chi connectivity index (χ0) is 15.0. The molecule has 1 heterocycles. The molecule has 0 radical (unpaired) electrons. The van der Waals surface area contributed by atoms with Crippen molar-refractivity contribution in [2.24, 2.45) is 10.9 Å². The summed E-state index contributed by atoms with van der Waals surface area (Å²) in [5, 5.41) is 10.4. The first-order valence-electron chi connectivity index (χ1n) is 7.37. The second kappa shape index (κ2) is 5.90. The predicted molar refractivity (Wildman–Crippen MR) is 88.6 cm³/mol. The molecule has 0 spiro atoms. The van der Waals surface area contributed by atoms with Crippen LogP contribution in [-0.4, -0.2) is 29.6 Å². The molecule has 3 rings (SSSR count). The number of rotatable bonds is 4. The fourth-order valence-electron chi connectivity index (χ4n) is 2.61. The van der Waals surface area contributed by atoms with Crippen LogP contribution in [0, 0.1) is 5.92 Å². The fraction of sp³-hybridized carbons (Fsp3) is 0.562. The lowest BCUT2D eigenvalue weighted by molar-refractivity contribution is 0.0853. The number of hydrogen-bond donors (Lipinski definition) is 1. The molecular weight excluding hydrogens is 354 g/mol. The van der Waals surface area contributed by atoms with Crippen LogP contribution in [-0.2, 0) is 0 Å². The molecule has 1 fully saturated rings. The summed E-state index contributed by atoms with van der Waals surface area (Å²) in [5.41, 5.74) is 1.52. The summed E-state index contributed by atoms with van der Waals surface area (Å²) >= 11 is 9.89. The minimum Gasteiger partial charge on any atom is -0.488 e. The first-order chi connectivity index (χ1) is 9.98. The maximum atomic E-state index is 9.86. The summed E-state index contributed by atoms with van der Waals surface area (Å²) in [4.78, 5) is 4.64. The lowest BCUT2D eigenvalue weighted by Gasteiger charge is -2.21. The van der Waals surface area contributed by atoms with Crippen molar-refractivity contribution in [1.82, 2.24) is 0 Å². The first kappa shape index (κ1) is 15.3. The predicted octanol–water partition coefficient (Wildman–Crippen LogP) is 4.23. The highest BCUT2D eigenvalue weighted by atomic mass is 79.9. The van der Waals surface area contributed by atoms with Gasteiger partial charge in [-0.1, -0.05) is 18.5 Å². The van der Waals surface area contributed by atoms with Gasteiger partial charge in [-0.2, -0.15) is 0 Å². The van der Waals surface area contributed by atoms with Crippen molar-refractivity contribution < 1.29 is 9.84 Å². The van der Waals surface area contributed by atoms with Crippen LogP contribution in [0.25, 0.3) is 0 Å². The van der Waals surface area contributed by atoms with E-state index in [-0.39, 0.29) is 0 Å². The monoisotopic (exact) mass is 371 g/mol. The normalized spacial score (nSPS) is 23.6. The van der Waals surface area contributed by atoms with Gasteiger partial charge in [-0.15, -0.1) is 0 Å². The van der Waals surface area contributed by atoms with Crippen molar-refractivity contribution in [1.29, 1.82) is 0 Å². The zero-order valence-electron chi connectivity index (χ0n) is 12.0. The molecule has 3 nitrogen and oxygen atoms in total. The topological polar surface area (TPSA) is 41.8 Å². The van der Waals surface area contributed by atoms with Gasteiger partial charge in [0, 0.05) is 12.3 Å². The third-order valence-electron chi connectivity index (χ3n) is 4.15. The molecule has 1 aromatic rings. The van der Waals surface area contributed by atoms with Crippen molar-refractivity contribution in [3.8, 4) is 5.75 Å². The Labute approximate surface area is 138 Å². The summed E-state index contributed by atoms with van der Waals surface area (Å²) in [6.07, 6.45) is 3.92. The van der Waals surface area contributed by atoms with Crippen molar-refractivity contribution in [2.45, 2.75) is 38.2 Å². The van der Waals surface area contributed by atoms with Crippen LogP contribution in [0.3, 0.4) is 0 Å². The first-order valence-corrected chi connectivity index (χ1v) is 8.54. The zero-order valence-corrected chi connectivity index (χ0v) is 14.4. The van der Waals surface area contributed by atoms with E-state index in [0.29, 0.717) is 23.3 Å². The van der Waals surface area contributed by atoms with Crippen LogP contribution in [0.2, 0.25) is 5.02 Å². The number of halogens is 2. The van der Waals surface area contributed by atoms with E-state index >= 15 is 0 Å². The summed E-state index contributed by atoms with van der Waals surface area (Å²) < 4.78 is 6.51. The van der Waals surface area contributed by atoms with E-state index in [1.165, 1.54) is 6.42 Å². The Hall–Kier alpha value is -0.580. The Morgan fingerprint density at radius 2 is 2.24 bits per heavy atom. The molecular formula is C16H19BrClNO2. The van der Waals surface area contributed by atoms with E-state index in [1.54, 1.807) is 0 Å². The SMILES string of the molecule is CC1CCCN=C1c1cc(Cl)c(OCC2(O)CC2)c(Br)c1. The number of aliphatic imine (C=N–C) groups is 1. The van der Waals surface area contributed by atoms with Gasteiger partial charge in [-0.05, 0) is 65.2 Å². The number of ether oxygens (including phenoxy) is 1. The molecule has 0 aromatic heterocycles. The van der Waals surface area contributed by atoms with E-state index in [2.05, 4.69) is 27.8 Å². The van der Waals surface area contributed by atoms with E-state index in [9.17, 15) is 5.11 Å². The highest BCUT2D eigenvalue weighted by molar-refractivity contribution is 9.10. The third-order valence-corrected chi connectivity index (χ3v) is 5.02. The second-order valence-corrected chi connectivity index (χ2v) is 7.35. The van der Waals surface area contributed by atoms with Gasteiger partial charge in [-0.3, -0.25) is 4.99 Å². The number of aliphatic hydroxyl groups is 1. The van der Waals surface area contributed by atoms with E-state index in [4.69, 9.17) is 16.3 Å². The molecule has 1 unspecified atom stereocenters. The largest absolute Gasteiger partial charge is 0.488 e. The van der Waals surface area contributed by atoms with Crippen molar-refractivity contribution >= 4 is 33.2 Å². The highest BCUT2D eigenvalue weighted by Gasteiger charge is 2.41. The van der Waals surface area contributed by atoms with Gasteiger partial charge in [0.05, 0.1) is 15.1 Å². The van der Waals surface area contributed by atoms with Crippen LogP contribution in [0.1, 0.15) is 38.2 Å². The number of hydrogen-bond acceptors (Lipinski definition) is 3. The van der Waals surface area contributed by atoms with Gasteiger partial charge < -0.3 is 9.84 Å². The molecule has 5 heteroatoms. The maximum absolute atomic E-state index is 9.86. The fourth-order valence-corrected chi connectivity index (χ4v) is 3.57. The molecule has 1 saturated carbocycles. The quantitative estimate of drug-likeness (QED) is 0.859. The van der Waals surface area contributed by atoms with Gasteiger partial charge in [-0.25, -0.2) is 0 Å². The molecule has 1 N–H and O–H groups in total. The Morgan fingerprint density at radius 1 is 1.48 bits per heavy atom. The molecule has 1 aliphatic heterocycles. The Morgan fingerprint density at radius 3 is 2.86 bits per heavy atom. The molecule has 1 aromatic carbocycles. The summed E-state index contributed by atoms with van der Waals surface area (Å²) in [5.74, 6) is 1.06. The molecule has 1 aliphatic carbocycles. The Kier molecular flexibility index (Phi) is 4.30. The van der Waals surface area contributed by atoms with E-state index in [0.717, 1.165) is 41.6 Å². The van der Waals surface area contributed by atoms with Crippen LogP contribution >= 0.6 is 27.5 Å². The molecule has 114 valence electrons. The minimum absolute atomic E-state index is 0.294. The third kappa shape index (κ3) is 3.43. The average molecular weight is 373 g/mol. The second-order valence-electron chi connectivity index (χ2n) is 6.09. The minimum atomic E-state index is -0.649. The van der Waals surface area contributed by atoms with Gasteiger partial charge >= 0.3 is 0 Å². The van der Waals surface area contributed by atoms with Crippen molar-refractivity contribution in [3.05, 3.63) is 27.2 Å². The molecule has 2 aliphatic rings. The average Bonchev–Trinajstić information content (AvgIpc) is 3.16. The molecule has 0 amide bonds. The van der Waals surface area contributed by atoms with E-state index in [1.807, 2.05) is 12.1 Å². The maximum Gasteiger partial charge on any atom is 0.152 e. The van der Waals surface area contributed by atoms with E-state index < -0.39 is 5.60 Å². The van der Waals surface area contributed by atoms with Gasteiger partial charge in [0.1, 0.15) is 6.61 Å². The molecule has 21 heavy (non-hydrogen) atoms. The van der Waals surface area contributed by atoms with Crippen molar-refractivity contribution in [3.63, 3.8) is 0 Å². The summed E-state index contributed by atoms with van der Waals surface area (Å²) in [6.45, 7) is 3.38. The number of benzene rings is 1. The lowest BCUT2D eigenvalue weighted by Crippen LogP contribution is -2.20. The molecule has 0 saturated heterocycles. The Balaban J connectivity index is 1.83. The Bertz CT molecular complexity index is 561. The molecule has 0 bridgehead atoms. The van der Waals surface area contributed by atoms with Crippen molar-refractivity contribution in [2.75, 3.05) is 13.2 Å².